The largest absolute Gasteiger partial charge is 0.340 e. The molecule has 3 rings (SSSR count). The lowest BCUT2D eigenvalue weighted by molar-refractivity contribution is -0.118. The van der Waals surface area contributed by atoms with Crippen LogP contribution in [-0.4, -0.2) is 28.7 Å². The first-order chi connectivity index (χ1) is 11.6. The average molecular weight is 324 g/mol. The van der Waals surface area contributed by atoms with Crippen molar-refractivity contribution in [2.75, 3.05) is 10.6 Å². The van der Waals surface area contributed by atoms with Crippen LogP contribution >= 0.6 is 0 Å². The Morgan fingerprint density at radius 2 is 1.88 bits per heavy atom. The summed E-state index contributed by atoms with van der Waals surface area (Å²) in [5, 5.41) is 8.09. The Hall–Kier alpha value is -3.22. The fourth-order valence-corrected chi connectivity index (χ4v) is 2.45. The number of hydrogen-bond acceptors (Lipinski definition) is 4. The van der Waals surface area contributed by atoms with Gasteiger partial charge in [-0.2, -0.15) is 0 Å². The lowest BCUT2D eigenvalue weighted by Crippen LogP contribution is -2.41. The second-order valence-electron chi connectivity index (χ2n) is 5.38. The number of rotatable bonds is 4. The van der Waals surface area contributed by atoms with Crippen LogP contribution in [0.15, 0.2) is 48.8 Å². The second kappa shape index (κ2) is 6.91. The number of carbonyl (C=O) groups excluding carboxylic acids is 3. The standard InChI is InChI=1S/C17H16N4O3/c22-15(19-11-7-9-18-10-8-11)6-5-14-17(24)20-13-4-2-1-3-12(13)16(23)21-14/h1-4,7-10,14H,5-6H2,(H,20,24)(H,21,23)(H,18,19,22)/t14-/m0/s1. The molecule has 0 bridgehead atoms. The van der Waals surface area contributed by atoms with E-state index in [0.29, 0.717) is 16.9 Å². The van der Waals surface area contributed by atoms with Gasteiger partial charge in [-0.15, -0.1) is 0 Å². The summed E-state index contributed by atoms with van der Waals surface area (Å²) < 4.78 is 0. The molecule has 2 heterocycles. The van der Waals surface area contributed by atoms with E-state index in [4.69, 9.17) is 0 Å². The predicted octanol–water partition coefficient (Wildman–Crippen LogP) is 1.55. The molecule has 1 aromatic carbocycles. The molecule has 0 fully saturated rings. The summed E-state index contributed by atoms with van der Waals surface area (Å²) >= 11 is 0. The summed E-state index contributed by atoms with van der Waals surface area (Å²) in [6.07, 6.45) is 3.47. The number of carbonyl (C=O) groups is 3. The maximum Gasteiger partial charge on any atom is 0.254 e. The van der Waals surface area contributed by atoms with Crippen molar-refractivity contribution in [2.45, 2.75) is 18.9 Å². The maximum absolute atomic E-state index is 12.2. The zero-order valence-electron chi connectivity index (χ0n) is 12.8. The van der Waals surface area contributed by atoms with Gasteiger partial charge in [-0.1, -0.05) is 12.1 Å². The summed E-state index contributed by atoms with van der Waals surface area (Å²) in [5.41, 5.74) is 1.52. The van der Waals surface area contributed by atoms with Crippen molar-refractivity contribution in [1.82, 2.24) is 10.3 Å². The van der Waals surface area contributed by atoms with Gasteiger partial charge < -0.3 is 16.0 Å². The van der Waals surface area contributed by atoms with Crippen LogP contribution in [0.2, 0.25) is 0 Å². The summed E-state index contributed by atoms with van der Waals surface area (Å²) in [6.45, 7) is 0. The quantitative estimate of drug-likeness (QED) is 0.794. The fourth-order valence-electron chi connectivity index (χ4n) is 2.45. The van der Waals surface area contributed by atoms with Gasteiger partial charge in [0.2, 0.25) is 11.8 Å². The highest BCUT2D eigenvalue weighted by molar-refractivity contribution is 6.09. The van der Waals surface area contributed by atoms with Crippen LogP contribution in [0, 0.1) is 0 Å². The molecule has 1 aliphatic rings. The molecule has 0 aliphatic carbocycles. The molecule has 0 radical (unpaired) electrons. The van der Waals surface area contributed by atoms with Crippen molar-refractivity contribution < 1.29 is 14.4 Å². The summed E-state index contributed by atoms with van der Waals surface area (Å²) in [7, 11) is 0. The maximum atomic E-state index is 12.2. The van der Waals surface area contributed by atoms with E-state index in [1.807, 2.05) is 0 Å². The van der Waals surface area contributed by atoms with Gasteiger partial charge in [0, 0.05) is 24.5 Å². The van der Waals surface area contributed by atoms with Crippen molar-refractivity contribution in [1.29, 1.82) is 0 Å². The number of para-hydroxylation sites is 1. The number of benzene rings is 1. The summed E-state index contributed by atoms with van der Waals surface area (Å²) in [4.78, 5) is 40.3. The molecule has 0 spiro atoms. The fraction of sp³-hybridized carbons (Fsp3) is 0.176. The molecule has 3 N–H and O–H groups in total. The van der Waals surface area contributed by atoms with Gasteiger partial charge in [0.15, 0.2) is 0 Å². The Balaban J connectivity index is 1.61. The first kappa shape index (κ1) is 15.7. The minimum absolute atomic E-state index is 0.108. The zero-order valence-corrected chi connectivity index (χ0v) is 12.8. The number of hydrogen-bond donors (Lipinski definition) is 3. The first-order valence-corrected chi connectivity index (χ1v) is 7.54. The molecule has 24 heavy (non-hydrogen) atoms. The van der Waals surface area contributed by atoms with E-state index in [-0.39, 0.29) is 30.6 Å². The van der Waals surface area contributed by atoms with Crippen LogP contribution in [0.5, 0.6) is 0 Å². The Morgan fingerprint density at radius 1 is 1.12 bits per heavy atom. The molecular weight excluding hydrogens is 308 g/mol. The number of amides is 3. The zero-order chi connectivity index (χ0) is 16.9. The van der Waals surface area contributed by atoms with E-state index in [9.17, 15) is 14.4 Å². The lowest BCUT2D eigenvalue weighted by Gasteiger charge is -2.14. The number of nitrogens with zero attached hydrogens (tertiary/aromatic N) is 1. The summed E-state index contributed by atoms with van der Waals surface area (Å²) in [6, 6.07) is 9.38. The van der Waals surface area contributed by atoms with E-state index in [2.05, 4.69) is 20.9 Å². The van der Waals surface area contributed by atoms with Gasteiger partial charge in [-0.3, -0.25) is 19.4 Å². The van der Waals surface area contributed by atoms with Crippen molar-refractivity contribution in [3.8, 4) is 0 Å². The van der Waals surface area contributed by atoms with Gasteiger partial charge in [0.1, 0.15) is 6.04 Å². The van der Waals surface area contributed by atoms with E-state index in [0.717, 1.165) is 0 Å². The van der Waals surface area contributed by atoms with Crippen LogP contribution in [0.3, 0.4) is 0 Å². The Bertz CT molecular complexity index is 776. The Labute approximate surface area is 138 Å². The molecule has 0 saturated heterocycles. The van der Waals surface area contributed by atoms with Crippen molar-refractivity contribution >= 4 is 29.1 Å². The van der Waals surface area contributed by atoms with Gasteiger partial charge in [-0.25, -0.2) is 0 Å². The minimum atomic E-state index is -0.756. The van der Waals surface area contributed by atoms with Crippen molar-refractivity contribution in [3.63, 3.8) is 0 Å². The van der Waals surface area contributed by atoms with E-state index < -0.39 is 6.04 Å². The number of pyridine rings is 1. The molecule has 2 aromatic rings. The van der Waals surface area contributed by atoms with Crippen LogP contribution in [-0.2, 0) is 9.59 Å². The van der Waals surface area contributed by atoms with Crippen LogP contribution in [0.4, 0.5) is 11.4 Å². The normalized spacial score (nSPS) is 16.4. The van der Waals surface area contributed by atoms with Crippen LogP contribution in [0.1, 0.15) is 23.2 Å². The highest BCUT2D eigenvalue weighted by Crippen LogP contribution is 2.19. The number of nitrogens with one attached hydrogen (secondary N) is 3. The molecule has 0 unspecified atom stereocenters. The van der Waals surface area contributed by atoms with Gasteiger partial charge in [-0.05, 0) is 30.7 Å². The van der Waals surface area contributed by atoms with E-state index in [1.165, 1.54) is 0 Å². The molecule has 7 nitrogen and oxygen atoms in total. The molecule has 122 valence electrons. The number of aromatic nitrogens is 1. The predicted molar refractivity (Wildman–Crippen MR) is 88.4 cm³/mol. The first-order valence-electron chi connectivity index (χ1n) is 7.54. The molecule has 7 heteroatoms. The Kier molecular flexibility index (Phi) is 4.51. The second-order valence-corrected chi connectivity index (χ2v) is 5.38. The monoisotopic (exact) mass is 324 g/mol. The topological polar surface area (TPSA) is 100 Å². The Morgan fingerprint density at radius 3 is 2.67 bits per heavy atom. The lowest BCUT2D eigenvalue weighted by atomic mass is 10.1. The van der Waals surface area contributed by atoms with Crippen LogP contribution < -0.4 is 16.0 Å². The number of fused-ring (bicyclic) bond motifs is 1. The molecule has 1 atom stereocenters. The number of anilines is 2. The third kappa shape index (κ3) is 3.57. The molecule has 1 aliphatic heterocycles. The molecule has 3 amide bonds. The molecular formula is C17H16N4O3. The van der Waals surface area contributed by atoms with E-state index >= 15 is 0 Å². The SMILES string of the molecule is O=C(CC[C@@H]1NC(=O)c2ccccc2NC1=O)Nc1ccncc1. The third-order valence-electron chi connectivity index (χ3n) is 3.68. The van der Waals surface area contributed by atoms with Gasteiger partial charge in [0.25, 0.3) is 5.91 Å². The molecule has 1 aromatic heterocycles. The minimum Gasteiger partial charge on any atom is -0.340 e. The third-order valence-corrected chi connectivity index (χ3v) is 3.68. The highest BCUT2D eigenvalue weighted by atomic mass is 16.2. The van der Waals surface area contributed by atoms with Crippen LogP contribution in [0.25, 0.3) is 0 Å². The smallest absolute Gasteiger partial charge is 0.254 e. The van der Waals surface area contributed by atoms with Gasteiger partial charge in [0.05, 0.1) is 11.3 Å². The van der Waals surface area contributed by atoms with Crippen molar-refractivity contribution in [2.24, 2.45) is 0 Å². The molecule has 0 saturated carbocycles. The highest BCUT2D eigenvalue weighted by Gasteiger charge is 2.27. The average Bonchev–Trinajstić information content (AvgIpc) is 2.71. The summed E-state index contributed by atoms with van der Waals surface area (Å²) in [5.74, 6) is -0.890. The van der Waals surface area contributed by atoms with Crippen molar-refractivity contribution in [3.05, 3.63) is 54.4 Å². The van der Waals surface area contributed by atoms with Gasteiger partial charge >= 0.3 is 0 Å². The van der Waals surface area contributed by atoms with E-state index in [1.54, 1.807) is 48.8 Å².